The van der Waals surface area contributed by atoms with Crippen LogP contribution in [0.3, 0.4) is 0 Å². The van der Waals surface area contributed by atoms with Gasteiger partial charge in [-0.1, -0.05) is 72.4 Å². The van der Waals surface area contributed by atoms with E-state index in [2.05, 4.69) is 58.1 Å². The number of hydrogen-bond acceptors (Lipinski definition) is 4. The molecule has 0 atom stereocenters. The molecule has 3 aromatic carbocycles. The molecule has 1 aromatic heterocycles. The van der Waals surface area contributed by atoms with Gasteiger partial charge in [-0.15, -0.1) is 10.2 Å². The molecule has 0 aliphatic heterocycles. The van der Waals surface area contributed by atoms with Gasteiger partial charge in [0, 0.05) is 17.0 Å². The van der Waals surface area contributed by atoms with Gasteiger partial charge < -0.3 is 4.74 Å². The number of nitrogens with zero attached hydrogens (tertiary/aromatic N) is 3. The summed E-state index contributed by atoms with van der Waals surface area (Å²) in [5, 5.41) is 9.81. The van der Waals surface area contributed by atoms with Crippen LogP contribution < -0.4 is 4.74 Å². The van der Waals surface area contributed by atoms with Gasteiger partial charge in [0.15, 0.2) is 11.0 Å². The zero-order chi connectivity index (χ0) is 19.2. The van der Waals surface area contributed by atoms with Crippen LogP contribution in [0.15, 0.2) is 90.1 Å². The Balaban J connectivity index is 1.57. The lowest BCUT2D eigenvalue weighted by atomic mass is 10.2. The topological polar surface area (TPSA) is 39.9 Å². The minimum absolute atomic E-state index is 0.607. The van der Waals surface area contributed by atoms with Gasteiger partial charge in [0.1, 0.15) is 5.75 Å². The number of thioether (sulfide) groups is 1. The second kappa shape index (κ2) is 8.76. The molecule has 1 heterocycles. The molecule has 140 valence electrons. The smallest absolute Gasteiger partial charge is 0.196 e. The van der Waals surface area contributed by atoms with Crippen molar-refractivity contribution in [1.82, 2.24) is 14.8 Å². The second-order valence-corrected chi connectivity index (χ2v) is 7.42. The summed E-state index contributed by atoms with van der Waals surface area (Å²) in [6, 6.07) is 28.4. The highest BCUT2D eigenvalue weighted by Gasteiger charge is 2.16. The normalized spacial score (nSPS) is 10.8. The van der Waals surface area contributed by atoms with E-state index < -0.39 is 0 Å². The van der Waals surface area contributed by atoms with Crippen molar-refractivity contribution in [1.29, 1.82) is 0 Å². The van der Waals surface area contributed by atoms with Crippen molar-refractivity contribution in [2.75, 3.05) is 12.4 Å². The Morgan fingerprint density at radius 2 is 1.61 bits per heavy atom. The fraction of sp³-hybridized carbons (Fsp3) is 0.130. The first-order valence-electron chi connectivity index (χ1n) is 9.20. The molecule has 0 saturated carbocycles. The molecule has 0 aliphatic carbocycles. The first-order chi connectivity index (χ1) is 13.8. The lowest BCUT2D eigenvalue weighted by molar-refractivity contribution is 0.344. The van der Waals surface area contributed by atoms with Crippen LogP contribution in [-0.4, -0.2) is 27.1 Å². The Morgan fingerprint density at radius 3 is 2.36 bits per heavy atom. The van der Waals surface area contributed by atoms with Crippen molar-refractivity contribution in [3.8, 4) is 22.8 Å². The minimum atomic E-state index is 0.607. The Bertz CT molecular complexity index is 1030. The van der Waals surface area contributed by atoms with Crippen LogP contribution in [0.4, 0.5) is 0 Å². The van der Waals surface area contributed by atoms with E-state index in [4.69, 9.17) is 4.74 Å². The molecular formula is C23H21N3OS. The standard InChI is InChI=1S/C23H21N3OS/c1-18-9-8-12-20(17-18)26-22(19-10-4-2-5-11-19)24-25-23(26)28-16-15-27-21-13-6-3-7-14-21/h2-14,17H,15-16H2,1H3. The van der Waals surface area contributed by atoms with Crippen molar-refractivity contribution in [2.45, 2.75) is 12.1 Å². The summed E-state index contributed by atoms with van der Waals surface area (Å²) in [7, 11) is 0. The van der Waals surface area contributed by atoms with Gasteiger partial charge in [0.05, 0.1) is 6.61 Å². The maximum absolute atomic E-state index is 5.81. The van der Waals surface area contributed by atoms with Crippen LogP contribution in [-0.2, 0) is 0 Å². The third kappa shape index (κ3) is 4.26. The summed E-state index contributed by atoms with van der Waals surface area (Å²) in [5.41, 5.74) is 3.31. The minimum Gasteiger partial charge on any atom is -0.493 e. The highest BCUT2D eigenvalue weighted by atomic mass is 32.2. The average Bonchev–Trinajstić information content (AvgIpc) is 3.16. The highest BCUT2D eigenvalue weighted by Crippen LogP contribution is 2.28. The predicted molar refractivity (Wildman–Crippen MR) is 114 cm³/mol. The van der Waals surface area contributed by atoms with Crippen LogP contribution in [0.25, 0.3) is 17.1 Å². The molecule has 0 fully saturated rings. The van der Waals surface area contributed by atoms with Crippen molar-refractivity contribution >= 4 is 11.8 Å². The quantitative estimate of drug-likeness (QED) is 0.314. The van der Waals surface area contributed by atoms with E-state index in [1.807, 2.05) is 48.5 Å². The summed E-state index contributed by atoms with van der Waals surface area (Å²) in [5.74, 6) is 2.51. The number of rotatable bonds is 7. The molecule has 4 nitrogen and oxygen atoms in total. The van der Waals surface area contributed by atoms with Crippen LogP contribution in [0, 0.1) is 6.92 Å². The molecule has 4 rings (SSSR count). The molecule has 0 radical (unpaired) electrons. The Labute approximate surface area is 169 Å². The summed E-state index contributed by atoms with van der Waals surface area (Å²) < 4.78 is 7.93. The third-order valence-electron chi connectivity index (χ3n) is 4.25. The number of hydrogen-bond donors (Lipinski definition) is 0. The molecular weight excluding hydrogens is 366 g/mol. The number of ether oxygens (including phenoxy) is 1. The highest BCUT2D eigenvalue weighted by molar-refractivity contribution is 7.99. The number of benzene rings is 3. The van der Waals surface area contributed by atoms with E-state index in [1.165, 1.54) is 5.56 Å². The Morgan fingerprint density at radius 1 is 0.857 bits per heavy atom. The predicted octanol–water partition coefficient (Wildman–Crippen LogP) is 5.41. The zero-order valence-corrected chi connectivity index (χ0v) is 16.5. The molecule has 0 spiro atoms. The molecule has 0 amide bonds. The van der Waals surface area contributed by atoms with E-state index in [1.54, 1.807) is 11.8 Å². The van der Waals surface area contributed by atoms with Crippen LogP contribution >= 0.6 is 11.8 Å². The fourth-order valence-corrected chi connectivity index (χ4v) is 3.72. The van der Waals surface area contributed by atoms with E-state index in [0.717, 1.165) is 33.7 Å². The van der Waals surface area contributed by atoms with Crippen LogP contribution in [0.2, 0.25) is 0 Å². The number of para-hydroxylation sites is 1. The maximum Gasteiger partial charge on any atom is 0.196 e. The Hall–Kier alpha value is -3.05. The number of aromatic nitrogens is 3. The van der Waals surface area contributed by atoms with Gasteiger partial charge in [-0.25, -0.2) is 0 Å². The van der Waals surface area contributed by atoms with Gasteiger partial charge in [0.2, 0.25) is 0 Å². The van der Waals surface area contributed by atoms with Gasteiger partial charge >= 0.3 is 0 Å². The van der Waals surface area contributed by atoms with E-state index in [-0.39, 0.29) is 0 Å². The average molecular weight is 388 g/mol. The third-order valence-corrected chi connectivity index (χ3v) is 5.14. The molecule has 0 bridgehead atoms. The molecule has 0 aliphatic rings. The summed E-state index contributed by atoms with van der Waals surface area (Å²) in [6.45, 7) is 2.70. The van der Waals surface area contributed by atoms with Crippen LogP contribution in [0.5, 0.6) is 5.75 Å². The second-order valence-electron chi connectivity index (χ2n) is 6.36. The molecule has 4 aromatic rings. The maximum atomic E-state index is 5.81. The SMILES string of the molecule is Cc1cccc(-n2c(SCCOc3ccccc3)nnc2-c2ccccc2)c1. The van der Waals surface area contributed by atoms with E-state index in [0.29, 0.717) is 6.61 Å². The molecule has 5 heteroatoms. The molecule has 0 N–H and O–H groups in total. The van der Waals surface area contributed by atoms with Crippen molar-refractivity contribution in [2.24, 2.45) is 0 Å². The number of aryl methyl sites for hydroxylation is 1. The largest absolute Gasteiger partial charge is 0.493 e. The van der Waals surface area contributed by atoms with E-state index >= 15 is 0 Å². The van der Waals surface area contributed by atoms with Crippen LogP contribution in [0.1, 0.15) is 5.56 Å². The Kier molecular flexibility index (Phi) is 5.73. The van der Waals surface area contributed by atoms with Crippen molar-refractivity contribution in [3.63, 3.8) is 0 Å². The summed E-state index contributed by atoms with van der Waals surface area (Å²) in [6.07, 6.45) is 0. The first kappa shape index (κ1) is 18.3. The van der Waals surface area contributed by atoms with Crippen molar-refractivity contribution < 1.29 is 4.74 Å². The summed E-state index contributed by atoms with van der Waals surface area (Å²) >= 11 is 1.65. The van der Waals surface area contributed by atoms with Gasteiger partial charge in [-0.05, 0) is 36.8 Å². The lowest BCUT2D eigenvalue weighted by Crippen LogP contribution is -2.03. The summed E-state index contributed by atoms with van der Waals surface area (Å²) in [4.78, 5) is 0. The fourth-order valence-electron chi connectivity index (χ4n) is 2.95. The monoisotopic (exact) mass is 387 g/mol. The van der Waals surface area contributed by atoms with E-state index in [9.17, 15) is 0 Å². The van der Waals surface area contributed by atoms with Gasteiger partial charge in [0.25, 0.3) is 0 Å². The van der Waals surface area contributed by atoms with Gasteiger partial charge in [-0.3, -0.25) is 4.57 Å². The molecule has 0 unspecified atom stereocenters. The first-order valence-corrected chi connectivity index (χ1v) is 10.2. The molecule has 0 saturated heterocycles. The zero-order valence-electron chi connectivity index (χ0n) is 15.7. The lowest BCUT2D eigenvalue weighted by Gasteiger charge is -2.11. The van der Waals surface area contributed by atoms with Crippen molar-refractivity contribution in [3.05, 3.63) is 90.5 Å². The molecule has 28 heavy (non-hydrogen) atoms. The van der Waals surface area contributed by atoms with Gasteiger partial charge in [-0.2, -0.15) is 0 Å².